The van der Waals surface area contributed by atoms with E-state index >= 15 is 0 Å². The normalized spacial score (nSPS) is 30.4. The van der Waals surface area contributed by atoms with Crippen molar-refractivity contribution in [3.63, 3.8) is 0 Å². The van der Waals surface area contributed by atoms with Crippen molar-refractivity contribution in [2.45, 2.75) is 69.9 Å². The molecule has 0 aromatic heterocycles. The van der Waals surface area contributed by atoms with Crippen molar-refractivity contribution < 1.29 is 14.7 Å². The minimum Gasteiger partial charge on any atom is -0.393 e. The Balaban J connectivity index is 1.31. The number of benzene rings is 1. The lowest BCUT2D eigenvalue weighted by Crippen LogP contribution is -2.50. The highest BCUT2D eigenvalue weighted by Gasteiger charge is 2.50. The van der Waals surface area contributed by atoms with Crippen LogP contribution in [0.1, 0.15) is 57.8 Å². The Kier molecular flexibility index (Phi) is 5.58. The third-order valence-corrected chi connectivity index (χ3v) is 7.88. The highest BCUT2D eigenvalue weighted by Crippen LogP contribution is 2.45. The first-order valence-corrected chi connectivity index (χ1v) is 12.1. The molecular weight excluding hydrogens is 404 g/mol. The summed E-state index contributed by atoms with van der Waals surface area (Å²) in [5, 5.41) is 12.8. The Morgan fingerprint density at radius 2 is 1.91 bits per heavy atom. The molecule has 1 aromatic carbocycles. The predicted molar refractivity (Wildman–Crippen MR) is 123 cm³/mol. The molecule has 170 valence electrons. The van der Waals surface area contributed by atoms with Crippen LogP contribution in [0.5, 0.6) is 0 Å². The van der Waals surface area contributed by atoms with Crippen LogP contribution in [0.4, 0.5) is 17.1 Å². The summed E-state index contributed by atoms with van der Waals surface area (Å²) in [6.45, 7) is 9.97. The maximum absolute atomic E-state index is 13.6. The number of aliphatic hydroxyl groups excluding tert-OH is 1. The first-order valence-electron chi connectivity index (χ1n) is 12.1. The predicted octanol–water partition coefficient (Wildman–Crippen LogP) is 3.71. The fourth-order valence-corrected chi connectivity index (χ4v) is 5.83. The van der Waals surface area contributed by atoms with Gasteiger partial charge in [-0.3, -0.25) is 9.59 Å². The van der Waals surface area contributed by atoms with E-state index in [2.05, 4.69) is 20.0 Å². The number of nitrogens with one attached hydrogen (secondary N) is 1. The summed E-state index contributed by atoms with van der Waals surface area (Å²) in [7, 11) is 0. The van der Waals surface area contributed by atoms with Crippen molar-refractivity contribution in [3.05, 3.63) is 29.6 Å². The van der Waals surface area contributed by atoms with Crippen molar-refractivity contribution >= 4 is 28.9 Å². The number of anilines is 2. The molecule has 1 aromatic rings. The number of carbonyl (C=O) groups excluding carboxylic acids is 2. The van der Waals surface area contributed by atoms with Gasteiger partial charge in [0.05, 0.1) is 18.1 Å². The molecular formula is C25H32N4O3. The van der Waals surface area contributed by atoms with Gasteiger partial charge in [0.15, 0.2) is 0 Å². The van der Waals surface area contributed by atoms with E-state index in [1.807, 2.05) is 12.1 Å². The van der Waals surface area contributed by atoms with Gasteiger partial charge in [0.2, 0.25) is 17.5 Å². The zero-order valence-electron chi connectivity index (χ0n) is 18.6. The summed E-state index contributed by atoms with van der Waals surface area (Å²) >= 11 is 0. The average molecular weight is 437 g/mol. The molecule has 2 saturated carbocycles. The number of hydrogen-bond acceptors (Lipinski definition) is 4. The molecule has 4 fully saturated rings. The summed E-state index contributed by atoms with van der Waals surface area (Å²) in [4.78, 5) is 33.7. The minimum atomic E-state index is -0.369. The number of rotatable bonds is 4. The van der Waals surface area contributed by atoms with Gasteiger partial charge in [0.25, 0.3) is 0 Å². The van der Waals surface area contributed by atoms with Crippen LogP contribution in [0.3, 0.4) is 0 Å². The molecule has 0 radical (unpaired) electrons. The maximum Gasteiger partial charge on any atom is 0.230 e. The van der Waals surface area contributed by atoms with E-state index in [1.54, 1.807) is 6.07 Å². The summed E-state index contributed by atoms with van der Waals surface area (Å²) in [6.07, 6.45) is 7.72. The molecule has 7 heteroatoms. The summed E-state index contributed by atoms with van der Waals surface area (Å²) < 4.78 is 0. The Hall–Kier alpha value is -2.59. The number of carbonyl (C=O) groups is 2. The Morgan fingerprint density at radius 3 is 2.62 bits per heavy atom. The van der Waals surface area contributed by atoms with Gasteiger partial charge >= 0.3 is 0 Å². The van der Waals surface area contributed by atoms with Crippen LogP contribution >= 0.6 is 0 Å². The third-order valence-electron chi connectivity index (χ3n) is 7.88. The minimum absolute atomic E-state index is 0.0393. The molecule has 1 atom stereocenters. The zero-order chi connectivity index (χ0) is 22.3. The second kappa shape index (κ2) is 8.40. The van der Waals surface area contributed by atoms with Gasteiger partial charge in [-0.2, -0.15) is 0 Å². The first-order chi connectivity index (χ1) is 15.5. The van der Waals surface area contributed by atoms with E-state index in [9.17, 15) is 14.7 Å². The van der Waals surface area contributed by atoms with Crippen LogP contribution < -0.4 is 10.2 Å². The molecule has 0 bridgehead atoms. The summed E-state index contributed by atoms with van der Waals surface area (Å²) in [6, 6.07) is 5.82. The zero-order valence-corrected chi connectivity index (χ0v) is 18.6. The topological polar surface area (TPSA) is 77.2 Å². The second-order valence-electron chi connectivity index (χ2n) is 10.1. The monoisotopic (exact) mass is 436 g/mol. The summed E-state index contributed by atoms with van der Waals surface area (Å²) in [5.41, 5.74) is 1.69. The van der Waals surface area contributed by atoms with E-state index < -0.39 is 0 Å². The van der Waals surface area contributed by atoms with Crippen molar-refractivity contribution in [1.82, 2.24) is 4.90 Å². The molecule has 2 aliphatic carbocycles. The van der Waals surface area contributed by atoms with Crippen LogP contribution in [-0.4, -0.2) is 53.6 Å². The quantitative estimate of drug-likeness (QED) is 0.706. The van der Waals surface area contributed by atoms with Crippen molar-refractivity contribution in [2.24, 2.45) is 11.3 Å². The van der Waals surface area contributed by atoms with Crippen LogP contribution in [0.15, 0.2) is 18.2 Å². The standard InChI is InChI=1S/C25H32N4O3/c1-26-21-15-18(27-23(31)17-3-4-17)5-10-22(21)28-13-2-11-25(16-28)12-14-29(24(25)32)19-6-8-20(30)9-7-19/h5,10,15,17,19-20,30H,2-4,6-9,11-14,16H2,(H,27,31)/t19?,20?,25-/m1/s1. The van der Waals surface area contributed by atoms with Crippen LogP contribution in [0, 0.1) is 17.9 Å². The van der Waals surface area contributed by atoms with Crippen molar-refractivity contribution in [2.75, 3.05) is 29.9 Å². The van der Waals surface area contributed by atoms with Gasteiger partial charge in [0, 0.05) is 43.0 Å². The lowest BCUT2D eigenvalue weighted by Gasteiger charge is -2.42. The molecule has 32 heavy (non-hydrogen) atoms. The van der Waals surface area contributed by atoms with Crippen LogP contribution in [0.25, 0.3) is 4.85 Å². The molecule has 4 aliphatic rings. The largest absolute Gasteiger partial charge is 0.393 e. The molecule has 0 unspecified atom stereocenters. The molecule has 1 spiro atoms. The smallest absolute Gasteiger partial charge is 0.230 e. The molecule has 2 heterocycles. The van der Waals surface area contributed by atoms with E-state index in [4.69, 9.17) is 6.57 Å². The van der Waals surface area contributed by atoms with E-state index in [1.165, 1.54) is 0 Å². The molecule has 2 aliphatic heterocycles. The van der Waals surface area contributed by atoms with Crippen LogP contribution in [0.2, 0.25) is 0 Å². The second-order valence-corrected chi connectivity index (χ2v) is 10.1. The Morgan fingerprint density at radius 1 is 1.12 bits per heavy atom. The van der Waals surface area contributed by atoms with Gasteiger partial charge in [0.1, 0.15) is 0 Å². The third kappa shape index (κ3) is 3.97. The lowest BCUT2D eigenvalue weighted by molar-refractivity contribution is -0.139. The molecule has 7 nitrogen and oxygen atoms in total. The van der Waals surface area contributed by atoms with Gasteiger partial charge < -0.3 is 20.2 Å². The maximum atomic E-state index is 13.6. The molecule has 5 rings (SSSR count). The number of nitrogens with zero attached hydrogens (tertiary/aromatic N) is 3. The molecule has 2 saturated heterocycles. The van der Waals surface area contributed by atoms with Crippen LogP contribution in [-0.2, 0) is 9.59 Å². The number of aliphatic hydroxyl groups is 1. The Labute approximate surface area is 189 Å². The summed E-state index contributed by atoms with van der Waals surface area (Å²) in [5.74, 6) is 0.426. The lowest BCUT2D eigenvalue weighted by atomic mass is 9.78. The van der Waals surface area contributed by atoms with E-state index in [0.717, 1.165) is 76.6 Å². The number of piperidine rings is 1. The highest BCUT2D eigenvalue weighted by atomic mass is 16.3. The van der Waals surface area contributed by atoms with Gasteiger partial charge in [-0.05, 0) is 76.0 Å². The fourth-order valence-electron chi connectivity index (χ4n) is 5.83. The SMILES string of the molecule is [C-]#[N+]c1cc(NC(=O)C2CC2)ccc1N1CCC[C@@]2(CCN(C3CCC(O)CC3)C2=O)C1. The van der Waals surface area contributed by atoms with Gasteiger partial charge in [-0.25, -0.2) is 4.85 Å². The Bertz CT molecular complexity index is 945. The average Bonchev–Trinajstić information content (AvgIpc) is 3.61. The van der Waals surface area contributed by atoms with Gasteiger partial charge in [-0.15, -0.1) is 0 Å². The van der Waals surface area contributed by atoms with E-state index in [0.29, 0.717) is 17.9 Å². The fraction of sp³-hybridized carbons (Fsp3) is 0.640. The first kappa shape index (κ1) is 21.3. The van der Waals surface area contributed by atoms with E-state index in [-0.39, 0.29) is 35.3 Å². The van der Waals surface area contributed by atoms with Gasteiger partial charge in [-0.1, -0.05) is 0 Å². The number of likely N-dealkylation sites (tertiary alicyclic amines) is 1. The van der Waals surface area contributed by atoms with Crippen molar-refractivity contribution in [3.8, 4) is 0 Å². The van der Waals surface area contributed by atoms with Crippen molar-refractivity contribution in [1.29, 1.82) is 0 Å². The molecule has 2 amide bonds. The number of hydrogen-bond donors (Lipinski definition) is 2. The highest BCUT2D eigenvalue weighted by molar-refractivity contribution is 5.95. The number of amides is 2. The molecule has 2 N–H and O–H groups in total.